The second-order valence-electron chi connectivity index (χ2n) is 5.97. The first kappa shape index (κ1) is 12.2. The molecule has 0 aromatic heterocycles. The number of carbonyl (C=O) groups is 2. The molecule has 1 N–H and O–H groups in total. The molecule has 1 heterocycles. The number of hydrogen-bond donors (Lipinski definition) is 1. The van der Waals surface area contributed by atoms with E-state index in [0.29, 0.717) is 6.42 Å². The summed E-state index contributed by atoms with van der Waals surface area (Å²) in [6, 6.07) is -0.715. The normalized spacial score (nSPS) is 26.1. The van der Waals surface area contributed by atoms with Gasteiger partial charge in [-0.25, -0.2) is 9.59 Å². The van der Waals surface area contributed by atoms with Gasteiger partial charge in [-0.1, -0.05) is 0 Å². The molecule has 0 aromatic carbocycles. The molecule has 1 atom stereocenters. The Hall–Kier alpha value is -1.26. The standard InChI is InChI=1S/C12H19NO4/c1-11(2,3)17-10(16)13-8(9(14)15)4-5-12(13)6-7-12/h8H,4-7H2,1-3H3,(H,14,15)/t8-/m1/s1. The Bertz CT molecular complexity index is 354. The van der Waals surface area contributed by atoms with E-state index in [2.05, 4.69) is 0 Å². The van der Waals surface area contributed by atoms with Gasteiger partial charge in [0.1, 0.15) is 11.6 Å². The molecule has 0 bridgehead atoms. The highest BCUT2D eigenvalue weighted by Gasteiger charge is 2.59. The van der Waals surface area contributed by atoms with E-state index in [1.54, 1.807) is 20.8 Å². The zero-order valence-electron chi connectivity index (χ0n) is 10.5. The van der Waals surface area contributed by atoms with E-state index < -0.39 is 23.7 Å². The molecule has 1 spiro atoms. The molecule has 2 fully saturated rings. The van der Waals surface area contributed by atoms with Crippen LogP contribution in [-0.4, -0.2) is 39.3 Å². The SMILES string of the molecule is CC(C)(C)OC(=O)N1[C@@H](C(=O)O)CCC12CC2. The van der Waals surface area contributed by atoms with Crippen LogP contribution in [-0.2, 0) is 9.53 Å². The summed E-state index contributed by atoms with van der Waals surface area (Å²) in [6.07, 6.45) is 2.63. The highest BCUT2D eigenvalue weighted by atomic mass is 16.6. The third-order valence-electron chi connectivity index (χ3n) is 3.41. The fourth-order valence-corrected chi connectivity index (χ4v) is 2.49. The number of carboxylic acid groups (broad SMARTS) is 1. The van der Waals surface area contributed by atoms with Crippen LogP contribution in [0.2, 0.25) is 0 Å². The van der Waals surface area contributed by atoms with Gasteiger partial charge in [-0.05, 0) is 46.5 Å². The van der Waals surface area contributed by atoms with Gasteiger partial charge >= 0.3 is 12.1 Å². The molecule has 96 valence electrons. The zero-order valence-corrected chi connectivity index (χ0v) is 10.5. The van der Waals surface area contributed by atoms with Gasteiger partial charge in [-0.3, -0.25) is 4.90 Å². The number of carboxylic acids is 1. The van der Waals surface area contributed by atoms with E-state index in [4.69, 9.17) is 9.84 Å². The Kier molecular flexibility index (Phi) is 2.60. The summed E-state index contributed by atoms with van der Waals surface area (Å²) < 4.78 is 5.30. The van der Waals surface area contributed by atoms with Crippen molar-refractivity contribution in [2.75, 3.05) is 0 Å². The third kappa shape index (κ3) is 2.23. The van der Waals surface area contributed by atoms with Crippen LogP contribution in [0.1, 0.15) is 46.5 Å². The first-order chi connectivity index (χ1) is 7.75. The molecule has 0 aromatic rings. The number of likely N-dealkylation sites (tertiary alicyclic amines) is 1. The van der Waals surface area contributed by atoms with E-state index in [-0.39, 0.29) is 5.54 Å². The van der Waals surface area contributed by atoms with Crippen molar-refractivity contribution in [2.45, 2.75) is 63.6 Å². The number of aliphatic carboxylic acids is 1. The zero-order chi connectivity index (χ0) is 12.8. The van der Waals surface area contributed by atoms with Gasteiger partial charge in [0.2, 0.25) is 0 Å². The average molecular weight is 241 g/mol. The molecular weight excluding hydrogens is 222 g/mol. The summed E-state index contributed by atoms with van der Waals surface area (Å²) in [7, 11) is 0. The minimum atomic E-state index is -0.931. The highest BCUT2D eigenvalue weighted by molar-refractivity contribution is 5.82. The highest BCUT2D eigenvalue weighted by Crippen LogP contribution is 2.52. The van der Waals surface area contributed by atoms with Crippen LogP contribution in [0.25, 0.3) is 0 Å². The smallest absolute Gasteiger partial charge is 0.411 e. The molecule has 2 rings (SSSR count). The van der Waals surface area contributed by atoms with E-state index in [9.17, 15) is 9.59 Å². The topological polar surface area (TPSA) is 66.8 Å². The molecule has 5 heteroatoms. The van der Waals surface area contributed by atoms with Crippen molar-refractivity contribution >= 4 is 12.1 Å². The van der Waals surface area contributed by atoms with Crippen molar-refractivity contribution in [2.24, 2.45) is 0 Å². The number of carbonyl (C=O) groups excluding carboxylic acids is 1. The fraction of sp³-hybridized carbons (Fsp3) is 0.833. The first-order valence-corrected chi connectivity index (χ1v) is 6.00. The van der Waals surface area contributed by atoms with Gasteiger partial charge in [0.05, 0.1) is 0 Å². The molecule has 1 saturated heterocycles. The van der Waals surface area contributed by atoms with E-state index >= 15 is 0 Å². The van der Waals surface area contributed by atoms with Crippen LogP contribution in [0.4, 0.5) is 4.79 Å². The minimum absolute atomic E-state index is 0.217. The maximum absolute atomic E-state index is 12.1. The lowest BCUT2D eigenvalue weighted by molar-refractivity contribution is -0.142. The lowest BCUT2D eigenvalue weighted by atomic mass is 10.2. The second-order valence-corrected chi connectivity index (χ2v) is 5.97. The van der Waals surface area contributed by atoms with Gasteiger partial charge in [-0.2, -0.15) is 0 Å². The van der Waals surface area contributed by atoms with Crippen molar-refractivity contribution < 1.29 is 19.4 Å². The Morgan fingerprint density at radius 1 is 1.29 bits per heavy atom. The predicted molar refractivity (Wildman–Crippen MR) is 60.7 cm³/mol. The molecule has 1 aliphatic carbocycles. The van der Waals surface area contributed by atoms with Gasteiger partial charge in [-0.15, -0.1) is 0 Å². The van der Waals surface area contributed by atoms with Crippen molar-refractivity contribution in [1.82, 2.24) is 4.90 Å². The van der Waals surface area contributed by atoms with E-state index in [0.717, 1.165) is 19.3 Å². The van der Waals surface area contributed by atoms with Crippen LogP contribution in [0, 0.1) is 0 Å². The quantitative estimate of drug-likeness (QED) is 0.762. The maximum Gasteiger partial charge on any atom is 0.411 e. The lowest BCUT2D eigenvalue weighted by Crippen LogP contribution is -2.48. The van der Waals surface area contributed by atoms with Crippen molar-refractivity contribution in [1.29, 1.82) is 0 Å². The van der Waals surface area contributed by atoms with Crippen molar-refractivity contribution in [3.05, 3.63) is 0 Å². The number of rotatable bonds is 1. The van der Waals surface area contributed by atoms with Gasteiger partial charge in [0.15, 0.2) is 0 Å². The Labute approximate surface area is 101 Å². The Balaban J connectivity index is 2.15. The molecule has 1 saturated carbocycles. The summed E-state index contributed by atoms with van der Waals surface area (Å²) >= 11 is 0. The summed E-state index contributed by atoms with van der Waals surface area (Å²) in [5.74, 6) is -0.931. The molecular formula is C12H19NO4. The van der Waals surface area contributed by atoms with Crippen LogP contribution in [0.5, 0.6) is 0 Å². The largest absolute Gasteiger partial charge is 0.480 e. The fourth-order valence-electron chi connectivity index (χ4n) is 2.49. The molecule has 2 aliphatic rings. The van der Waals surface area contributed by atoms with Crippen molar-refractivity contribution in [3.63, 3.8) is 0 Å². The van der Waals surface area contributed by atoms with Gasteiger partial charge in [0, 0.05) is 5.54 Å². The number of hydrogen-bond acceptors (Lipinski definition) is 3. The predicted octanol–water partition coefficient (Wildman–Crippen LogP) is 2.00. The number of amides is 1. The van der Waals surface area contributed by atoms with Gasteiger partial charge < -0.3 is 9.84 Å². The monoisotopic (exact) mass is 241 g/mol. The second kappa shape index (κ2) is 3.62. The molecule has 1 amide bonds. The summed E-state index contributed by atoms with van der Waals surface area (Å²) in [5.41, 5.74) is -0.801. The molecule has 0 radical (unpaired) electrons. The maximum atomic E-state index is 12.1. The first-order valence-electron chi connectivity index (χ1n) is 6.00. The average Bonchev–Trinajstić information content (AvgIpc) is 2.74. The van der Waals surface area contributed by atoms with E-state index in [1.807, 2.05) is 0 Å². The number of nitrogens with zero attached hydrogens (tertiary/aromatic N) is 1. The third-order valence-corrected chi connectivity index (χ3v) is 3.41. The summed E-state index contributed by atoms with van der Waals surface area (Å²) in [6.45, 7) is 5.36. The summed E-state index contributed by atoms with van der Waals surface area (Å²) in [5, 5.41) is 9.14. The molecule has 0 unspecified atom stereocenters. The molecule has 17 heavy (non-hydrogen) atoms. The minimum Gasteiger partial charge on any atom is -0.480 e. The summed E-state index contributed by atoms with van der Waals surface area (Å²) in [4.78, 5) is 24.7. The molecule has 1 aliphatic heterocycles. The van der Waals surface area contributed by atoms with Crippen LogP contribution in [0.15, 0.2) is 0 Å². The van der Waals surface area contributed by atoms with Crippen LogP contribution in [0.3, 0.4) is 0 Å². The Morgan fingerprint density at radius 3 is 2.29 bits per heavy atom. The lowest BCUT2D eigenvalue weighted by Gasteiger charge is -2.31. The van der Waals surface area contributed by atoms with Gasteiger partial charge in [0.25, 0.3) is 0 Å². The van der Waals surface area contributed by atoms with E-state index in [1.165, 1.54) is 4.90 Å². The van der Waals surface area contributed by atoms with Crippen LogP contribution >= 0.6 is 0 Å². The van der Waals surface area contributed by atoms with Crippen LogP contribution < -0.4 is 0 Å². The van der Waals surface area contributed by atoms with Crippen molar-refractivity contribution in [3.8, 4) is 0 Å². The molecule has 5 nitrogen and oxygen atoms in total. The number of ether oxygens (including phenoxy) is 1. The Morgan fingerprint density at radius 2 is 1.88 bits per heavy atom.